The normalized spacial score (nSPS) is 13.7. The number of pyridine rings is 1. The topological polar surface area (TPSA) is 69.3 Å². The number of hydrogen-bond donors (Lipinski definition) is 0. The van der Waals surface area contributed by atoms with E-state index in [1.807, 2.05) is 22.4 Å². The summed E-state index contributed by atoms with van der Waals surface area (Å²) in [5.41, 5.74) is 0.958. The number of anilines is 1. The van der Waals surface area contributed by atoms with Gasteiger partial charge in [-0.15, -0.1) is 11.3 Å². The second-order valence-corrected chi connectivity index (χ2v) is 9.22. The van der Waals surface area contributed by atoms with Crippen LogP contribution in [0.25, 0.3) is 10.9 Å². The summed E-state index contributed by atoms with van der Waals surface area (Å²) >= 11 is 1.38. The molecule has 5 rings (SSSR count). The first kappa shape index (κ1) is 22.7. The van der Waals surface area contributed by atoms with E-state index in [1.54, 1.807) is 23.1 Å². The van der Waals surface area contributed by atoms with E-state index < -0.39 is 17.2 Å². The van der Waals surface area contributed by atoms with Crippen LogP contribution in [-0.2, 0) is 6.54 Å². The zero-order valence-electron chi connectivity index (χ0n) is 18.6. The van der Waals surface area contributed by atoms with Crippen molar-refractivity contribution < 1.29 is 13.6 Å². The second kappa shape index (κ2) is 9.31. The van der Waals surface area contributed by atoms with Gasteiger partial charge in [0.25, 0.3) is 11.5 Å². The maximum atomic E-state index is 14.4. The standard InChI is InChI=1S/C26H20F2N4O2S/c27-18-5-3-17(4-6-18)16-32-22-8-7-19(28)14-20(22)24(21(15-29)25(32)33)30-9-11-31(12-10-30)26(34)23-2-1-13-35-23/h1-8,13-14H,9-12,16H2. The molecule has 6 nitrogen and oxygen atoms in total. The van der Waals surface area contributed by atoms with Crippen molar-refractivity contribution in [3.05, 3.63) is 98.0 Å². The number of amides is 1. The average Bonchev–Trinajstić information content (AvgIpc) is 3.41. The Hall–Kier alpha value is -4.03. The number of thiophene rings is 1. The van der Waals surface area contributed by atoms with Gasteiger partial charge in [-0.25, -0.2) is 8.78 Å². The second-order valence-electron chi connectivity index (χ2n) is 8.27. The molecule has 4 aromatic rings. The SMILES string of the molecule is N#Cc1c(N2CCN(C(=O)c3cccs3)CC2)c2cc(F)ccc2n(Cc2ccc(F)cc2)c1=O. The molecule has 1 aliphatic rings. The largest absolute Gasteiger partial charge is 0.366 e. The van der Waals surface area contributed by atoms with Gasteiger partial charge in [0.05, 0.1) is 22.6 Å². The van der Waals surface area contributed by atoms with Crippen LogP contribution in [0.1, 0.15) is 20.8 Å². The van der Waals surface area contributed by atoms with Crippen molar-refractivity contribution in [2.75, 3.05) is 31.1 Å². The van der Waals surface area contributed by atoms with Crippen molar-refractivity contribution in [1.29, 1.82) is 5.26 Å². The quantitative estimate of drug-likeness (QED) is 0.430. The van der Waals surface area contributed by atoms with Gasteiger partial charge in [-0.2, -0.15) is 5.26 Å². The number of carbonyl (C=O) groups is 1. The molecule has 0 unspecified atom stereocenters. The van der Waals surface area contributed by atoms with Crippen molar-refractivity contribution >= 4 is 33.8 Å². The van der Waals surface area contributed by atoms with Gasteiger partial charge in [-0.3, -0.25) is 9.59 Å². The molecule has 2 aromatic carbocycles. The molecule has 1 fully saturated rings. The van der Waals surface area contributed by atoms with Gasteiger partial charge in [-0.1, -0.05) is 18.2 Å². The third kappa shape index (κ3) is 4.29. The van der Waals surface area contributed by atoms with Gasteiger partial charge >= 0.3 is 0 Å². The van der Waals surface area contributed by atoms with Crippen LogP contribution in [0.2, 0.25) is 0 Å². The van der Waals surface area contributed by atoms with E-state index in [9.17, 15) is 23.6 Å². The first-order valence-electron chi connectivity index (χ1n) is 11.0. The Morgan fingerprint density at radius 3 is 2.37 bits per heavy atom. The highest BCUT2D eigenvalue weighted by Crippen LogP contribution is 2.31. The minimum Gasteiger partial charge on any atom is -0.366 e. The molecule has 1 aliphatic heterocycles. The molecule has 1 amide bonds. The molecular weight excluding hydrogens is 470 g/mol. The molecule has 1 saturated heterocycles. The van der Waals surface area contributed by atoms with E-state index in [0.717, 1.165) is 0 Å². The van der Waals surface area contributed by atoms with Crippen LogP contribution in [0, 0.1) is 23.0 Å². The molecule has 0 spiro atoms. The highest BCUT2D eigenvalue weighted by Gasteiger charge is 2.27. The number of nitrogens with zero attached hydrogens (tertiary/aromatic N) is 4. The Balaban J connectivity index is 1.54. The van der Waals surface area contributed by atoms with Crippen LogP contribution < -0.4 is 10.5 Å². The Morgan fingerprint density at radius 2 is 1.71 bits per heavy atom. The van der Waals surface area contributed by atoms with Gasteiger partial charge in [0.2, 0.25) is 0 Å². The summed E-state index contributed by atoms with van der Waals surface area (Å²) in [4.78, 5) is 30.4. The Morgan fingerprint density at radius 1 is 1.00 bits per heavy atom. The fourth-order valence-electron chi connectivity index (χ4n) is 4.46. The maximum Gasteiger partial charge on any atom is 0.271 e. The van der Waals surface area contributed by atoms with Gasteiger partial charge in [0.15, 0.2) is 0 Å². The number of hydrogen-bond acceptors (Lipinski definition) is 5. The van der Waals surface area contributed by atoms with Crippen molar-refractivity contribution in [3.63, 3.8) is 0 Å². The molecule has 35 heavy (non-hydrogen) atoms. The summed E-state index contributed by atoms with van der Waals surface area (Å²) in [7, 11) is 0. The minimum absolute atomic E-state index is 0.0502. The lowest BCUT2D eigenvalue weighted by molar-refractivity contribution is 0.0751. The number of halogens is 2. The fourth-order valence-corrected chi connectivity index (χ4v) is 5.15. The summed E-state index contributed by atoms with van der Waals surface area (Å²) in [6.07, 6.45) is 0. The lowest BCUT2D eigenvalue weighted by Crippen LogP contribution is -2.49. The van der Waals surface area contributed by atoms with Crippen molar-refractivity contribution in [3.8, 4) is 6.07 Å². The smallest absolute Gasteiger partial charge is 0.271 e. The van der Waals surface area contributed by atoms with Crippen LogP contribution in [0.4, 0.5) is 14.5 Å². The Kier molecular flexibility index (Phi) is 6.05. The lowest BCUT2D eigenvalue weighted by Gasteiger charge is -2.37. The van der Waals surface area contributed by atoms with Crippen molar-refractivity contribution in [2.24, 2.45) is 0 Å². The summed E-state index contributed by atoms with van der Waals surface area (Å²) in [5, 5.41) is 12.3. The predicted octanol–water partition coefficient (Wildman–Crippen LogP) is 4.22. The number of piperazine rings is 1. The van der Waals surface area contributed by atoms with Crippen LogP contribution in [0.5, 0.6) is 0 Å². The summed E-state index contributed by atoms with van der Waals surface area (Å²) < 4.78 is 29.1. The molecule has 0 bridgehead atoms. The molecule has 0 radical (unpaired) electrons. The van der Waals surface area contributed by atoms with E-state index in [1.165, 1.54) is 46.2 Å². The first-order valence-corrected chi connectivity index (χ1v) is 11.9. The first-order chi connectivity index (χ1) is 17.0. The fraction of sp³-hybridized carbons (Fsp3) is 0.192. The molecule has 0 aliphatic carbocycles. The van der Waals surface area contributed by atoms with Gasteiger partial charge in [0, 0.05) is 31.6 Å². The van der Waals surface area contributed by atoms with Crippen molar-refractivity contribution in [2.45, 2.75) is 6.54 Å². The molecule has 3 heterocycles. The molecule has 2 aromatic heterocycles. The third-order valence-electron chi connectivity index (χ3n) is 6.18. The van der Waals surface area contributed by atoms with Gasteiger partial charge in [0.1, 0.15) is 23.3 Å². The summed E-state index contributed by atoms with van der Waals surface area (Å²) in [5.74, 6) is -0.926. The number of benzene rings is 2. The van der Waals surface area contributed by atoms with Crippen LogP contribution in [0.3, 0.4) is 0 Å². The highest BCUT2D eigenvalue weighted by atomic mass is 32.1. The molecule has 176 valence electrons. The summed E-state index contributed by atoms with van der Waals surface area (Å²) in [6.45, 7) is 1.74. The van der Waals surface area contributed by atoms with Crippen LogP contribution in [-0.4, -0.2) is 41.6 Å². The minimum atomic E-state index is -0.497. The van der Waals surface area contributed by atoms with Crippen molar-refractivity contribution in [1.82, 2.24) is 9.47 Å². The molecular formula is C26H20F2N4O2S. The average molecular weight is 491 g/mol. The monoisotopic (exact) mass is 490 g/mol. The van der Waals surface area contributed by atoms with E-state index in [4.69, 9.17) is 0 Å². The lowest BCUT2D eigenvalue weighted by atomic mass is 10.1. The van der Waals surface area contributed by atoms with E-state index in [2.05, 4.69) is 0 Å². The Bertz CT molecular complexity index is 1500. The third-order valence-corrected chi connectivity index (χ3v) is 7.04. The predicted molar refractivity (Wildman–Crippen MR) is 131 cm³/mol. The maximum absolute atomic E-state index is 14.4. The van der Waals surface area contributed by atoms with E-state index in [-0.39, 0.29) is 18.0 Å². The summed E-state index contributed by atoms with van der Waals surface area (Å²) in [6, 6.07) is 15.5. The van der Waals surface area contributed by atoms with Crippen LogP contribution in [0.15, 0.2) is 64.8 Å². The zero-order chi connectivity index (χ0) is 24.5. The molecule has 0 N–H and O–H groups in total. The molecule has 9 heteroatoms. The number of nitriles is 1. The molecule has 0 saturated carbocycles. The molecule has 0 atom stereocenters. The van der Waals surface area contributed by atoms with Crippen LogP contribution >= 0.6 is 11.3 Å². The number of rotatable bonds is 4. The number of carbonyl (C=O) groups excluding carboxylic acids is 1. The Labute approximate surface area is 203 Å². The van der Waals surface area contributed by atoms with E-state index >= 15 is 0 Å². The number of fused-ring (bicyclic) bond motifs is 1. The van der Waals surface area contributed by atoms with Gasteiger partial charge in [-0.05, 0) is 47.3 Å². The number of aromatic nitrogens is 1. The van der Waals surface area contributed by atoms with E-state index in [0.29, 0.717) is 53.2 Å². The zero-order valence-corrected chi connectivity index (χ0v) is 19.4. The van der Waals surface area contributed by atoms with Gasteiger partial charge < -0.3 is 14.4 Å². The highest BCUT2D eigenvalue weighted by molar-refractivity contribution is 7.12.